The molecule has 1 fully saturated rings. The maximum absolute atomic E-state index is 5.96. The smallest absolute Gasteiger partial charge is 0.134 e. The Morgan fingerprint density at radius 2 is 2.15 bits per heavy atom. The summed E-state index contributed by atoms with van der Waals surface area (Å²) in [7, 11) is 0. The van der Waals surface area contributed by atoms with Crippen molar-refractivity contribution in [2.75, 3.05) is 19.7 Å². The van der Waals surface area contributed by atoms with Crippen LogP contribution in [0.15, 0.2) is 34.7 Å². The van der Waals surface area contributed by atoms with Gasteiger partial charge in [0.25, 0.3) is 0 Å². The van der Waals surface area contributed by atoms with Gasteiger partial charge in [-0.1, -0.05) is 32.0 Å². The van der Waals surface area contributed by atoms with Gasteiger partial charge in [-0.2, -0.15) is 0 Å². The molecule has 2 unspecified atom stereocenters. The maximum atomic E-state index is 5.96. The van der Waals surface area contributed by atoms with Crippen LogP contribution >= 0.6 is 0 Å². The second-order valence-electron chi connectivity index (χ2n) is 6.08. The van der Waals surface area contributed by atoms with Crippen molar-refractivity contribution in [1.29, 1.82) is 0 Å². The van der Waals surface area contributed by atoms with E-state index in [1.54, 1.807) is 0 Å². The van der Waals surface area contributed by atoms with Crippen LogP contribution in [0.4, 0.5) is 0 Å². The minimum absolute atomic E-state index is 0.0991. The Balaban J connectivity index is 1.71. The molecule has 0 aliphatic carbocycles. The molecule has 1 saturated heterocycles. The molecule has 1 N–H and O–H groups in total. The summed E-state index contributed by atoms with van der Waals surface area (Å²) in [6, 6.07) is 10.3. The average Bonchev–Trinajstić information content (AvgIpc) is 3.03. The van der Waals surface area contributed by atoms with Crippen molar-refractivity contribution in [2.24, 2.45) is 11.8 Å². The van der Waals surface area contributed by atoms with Crippen LogP contribution in [0.3, 0.4) is 0 Å². The third-order valence-corrected chi connectivity index (χ3v) is 3.90. The van der Waals surface area contributed by atoms with Gasteiger partial charge in [-0.05, 0) is 31.0 Å². The maximum Gasteiger partial charge on any atom is 0.134 e. The van der Waals surface area contributed by atoms with E-state index >= 15 is 0 Å². The number of ether oxygens (including phenoxy) is 1. The molecular weight excluding hydrogens is 250 g/mol. The molecule has 3 nitrogen and oxygen atoms in total. The zero-order chi connectivity index (χ0) is 13.9. The molecule has 3 heteroatoms. The highest BCUT2D eigenvalue weighted by atomic mass is 16.5. The van der Waals surface area contributed by atoms with Crippen molar-refractivity contribution in [3.63, 3.8) is 0 Å². The number of nitrogens with one attached hydrogen (secondary N) is 1. The standard InChI is InChI=1S/C17H23NO2/c1-12(2)10-18-11-14-7-8-19-17(14)16-9-13-5-3-4-6-15(13)20-16/h3-6,9,12,14,17-18H,7-8,10-11H2,1-2H3. The molecule has 0 amide bonds. The minimum atomic E-state index is 0.0991. The fourth-order valence-electron chi connectivity index (χ4n) is 2.86. The molecule has 108 valence electrons. The number of benzene rings is 1. The highest BCUT2D eigenvalue weighted by molar-refractivity contribution is 5.77. The van der Waals surface area contributed by atoms with Crippen LogP contribution in [0.5, 0.6) is 0 Å². The van der Waals surface area contributed by atoms with Crippen LogP contribution in [-0.2, 0) is 4.74 Å². The summed E-state index contributed by atoms with van der Waals surface area (Å²) >= 11 is 0. The summed E-state index contributed by atoms with van der Waals surface area (Å²) in [6.07, 6.45) is 1.20. The Kier molecular flexibility index (Phi) is 4.08. The zero-order valence-electron chi connectivity index (χ0n) is 12.3. The number of hydrogen-bond acceptors (Lipinski definition) is 3. The lowest BCUT2D eigenvalue weighted by Gasteiger charge is -2.17. The Hall–Kier alpha value is -1.32. The fourth-order valence-corrected chi connectivity index (χ4v) is 2.86. The normalized spacial score (nSPS) is 22.9. The lowest BCUT2D eigenvalue weighted by molar-refractivity contribution is 0.0734. The van der Waals surface area contributed by atoms with Gasteiger partial charge < -0.3 is 14.5 Å². The zero-order valence-corrected chi connectivity index (χ0v) is 12.3. The summed E-state index contributed by atoms with van der Waals surface area (Å²) in [6.45, 7) is 7.35. The van der Waals surface area contributed by atoms with Gasteiger partial charge in [-0.15, -0.1) is 0 Å². The van der Waals surface area contributed by atoms with E-state index in [4.69, 9.17) is 9.15 Å². The first kappa shape index (κ1) is 13.7. The quantitative estimate of drug-likeness (QED) is 0.900. The number of hydrogen-bond donors (Lipinski definition) is 1. The first-order valence-electron chi connectivity index (χ1n) is 7.55. The summed E-state index contributed by atoms with van der Waals surface area (Å²) in [5, 5.41) is 4.70. The van der Waals surface area contributed by atoms with E-state index in [0.29, 0.717) is 11.8 Å². The van der Waals surface area contributed by atoms with E-state index in [2.05, 4.69) is 31.3 Å². The van der Waals surface area contributed by atoms with Crippen LogP contribution < -0.4 is 5.32 Å². The van der Waals surface area contributed by atoms with E-state index in [0.717, 1.165) is 42.8 Å². The molecule has 20 heavy (non-hydrogen) atoms. The van der Waals surface area contributed by atoms with Crippen molar-refractivity contribution < 1.29 is 9.15 Å². The van der Waals surface area contributed by atoms with E-state index in [9.17, 15) is 0 Å². The van der Waals surface area contributed by atoms with Crippen LogP contribution in [0.1, 0.15) is 32.1 Å². The molecule has 2 atom stereocenters. The average molecular weight is 273 g/mol. The molecule has 0 radical (unpaired) electrons. The van der Waals surface area contributed by atoms with Gasteiger partial charge in [0.2, 0.25) is 0 Å². The van der Waals surface area contributed by atoms with E-state index in [1.807, 2.05) is 18.2 Å². The first-order valence-corrected chi connectivity index (χ1v) is 7.55. The lowest BCUT2D eigenvalue weighted by atomic mass is 9.99. The van der Waals surface area contributed by atoms with Gasteiger partial charge >= 0.3 is 0 Å². The van der Waals surface area contributed by atoms with Gasteiger partial charge in [-0.25, -0.2) is 0 Å². The summed E-state index contributed by atoms with van der Waals surface area (Å²) in [5.74, 6) is 2.16. The molecule has 2 heterocycles. The summed E-state index contributed by atoms with van der Waals surface area (Å²) in [5.41, 5.74) is 0.951. The van der Waals surface area contributed by atoms with Gasteiger partial charge in [0.1, 0.15) is 17.4 Å². The number of rotatable bonds is 5. The SMILES string of the molecule is CC(C)CNCC1CCOC1c1cc2ccccc2o1. The minimum Gasteiger partial charge on any atom is -0.458 e. The summed E-state index contributed by atoms with van der Waals surface area (Å²) in [4.78, 5) is 0. The highest BCUT2D eigenvalue weighted by Crippen LogP contribution is 2.36. The Bertz CT molecular complexity index is 528. The van der Waals surface area contributed by atoms with Crippen LogP contribution in [0, 0.1) is 11.8 Å². The Morgan fingerprint density at radius 1 is 1.30 bits per heavy atom. The van der Waals surface area contributed by atoms with Crippen molar-refractivity contribution >= 4 is 11.0 Å². The Morgan fingerprint density at radius 3 is 2.95 bits per heavy atom. The van der Waals surface area contributed by atoms with Gasteiger partial charge in [0.15, 0.2) is 0 Å². The largest absolute Gasteiger partial charge is 0.458 e. The van der Waals surface area contributed by atoms with Gasteiger partial charge in [0.05, 0.1) is 0 Å². The number of para-hydroxylation sites is 1. The summed E-state index contributed by atoms with van der Waals surface area (Å²) < 4.78 is 11.9. The van der Waals surface area contributed by atoms with E-state index < -0.39 is 0 Å². The molecule has 2 aromatic rings. The molecule has 1 aromatic heterocycles. The van der Waals surface area contributed by atoms with Gasteiger partial charge in [-0.3, -0.25) is 0 Å². The molecule has 0 saturated carbocycles. The highest BCUT2D eigenvalue weighted by Gasteiger charge is 2.31. The second kappa shape index (κ2) is 5.98. The molecule has 1 aromatic carbocycles. The third kappa shape index (κ3) is 2.89. The van der Waals surface area contributed by atoms with E-state index in [1.165, 1.54) is 0 Å². The molecule has 0 bridgehead atoms. The number of fused-ring (bicyclic) bond motifs is 1. The Labute approximate surface area is 120 Å². The monoisotopic (exact) mass is 273 g/mol. The predicted molar refractivity (Wildman–Crippen MR) is 80.7 cm³/mol. The number of furan rings is 1. The lowest BCUT2D eigenvalue weighted by Crippen LogP contribution is -2.27. The van der Waals surface area contributed by atoms with Gasteiger partial charge in [0, 0.05) is 24.5 Å². The van der Waals surface area contributed by atoms with Crippen LogP contribution in [0.25, 0.3) is 11.0 Å². The molecule has 0 spiro atoms. The van der Waals surface area contributed by atoms with Crippen molar-refractivity contribution in [2.45, 2.75) is 26.4 Å². The molecular formula is C17H23NO2. The van der Waals surface area contributed by atoms with Crippen molar-refractivity contribution in [3.05, 3.63) is 36.1 Å². The van der Waals surface area contributed by atoms with Crippen LogP contribution in [0.2, 0.25) is 0 Å². The van der Waals surface area contributed by atoms with Crippen molar-refractivity contribution in [1.82, 2.24) is 5.32 Å². The molecule has 1 aliphatic rings. The second-order valence-corrected chi connectivity index (χ2v) is 6.08. The molecule has 1 aliphatic heterocycles. The topological polar surface area (TPSA) is 34.4 Å². The molecule has 3 rings (SSSR count). The predicted octanol–water partition coefficient (Wildman–Crippen LogP) is 3.76. The first-order chi connectivity index (χ1) is 9.74. The van der Waals surface area contributed by atoms with E-state index in [-0.39, 0.29) is 6.10 Å². The fraction of sp³-hybridized carbons (Fsp3) is 0.529. The van der Waals surface area contributed by atoms with Crippen molar-refractivity contribution in [3.8, 4) is 0 Å². The van der Waals surface area contributed by atoms with Crippen LogP contribution in [-0.4, -0.2) is 19.7 Å². The third-order valence-electron chi connectivity index (χ3n) is 3.90.